The molecule has 2 aromatic rings. The van der Waals surface area contributed by atoms with E-state index in [-0.39, 0.29) is 35.8 Å². The van der Waals surface area contributed by atoms with Crippen LogP contribution in [0.3, 0.4) is 0 Å². The highest BCUT2D eigenvalue weighted by Crippen LogP contribution is 2.32. The summed E-state index contributed by atoms with van der Waals surface area (Å²) < 4.78 is 51.8. The summed E-state index contributed by atoms with van der Waals surface area (Å²) in [6, 6.07) is 8.55. The van der Waals surface area contributed by atoms with Gasteiger partial charge in [0.25, 0.3) is 0 Å². The maximum atomic E-state index is 13.9. The SMILES string of the molecule is O=C(NCc1cccc(Cl)c1F)C1CCN(c2ccc(C(F)(F)F)cc2)C1=O. The molecule has 0 radical (unpaired) electrons. The first kappa shape index (κ1) is 20.1. The van der Waals surface area contributed by atoms with Gasteiger partial charge in [-0.25, -0.2) is 4.39 Å². The van der Waals surface area contributed by atoms with Crippen LogP contribution in [-0.2, 0) is 22.3 Å². The molecule has 0 spiro atoms. The molecule has 1 saturated heterocycles. The van der Waals surface area contributed by atoms with Crippen molar-refractivity contribution >= 4 is 29.1 Å². The predicted molar refractivity (Wildman–Crippen MR) is 95.2 cm³/mol. The third kappa shape index (κ3) is 4.11. The number of amides is 2. The van der Waals surface area contributed by atoms with Crippen molar-refractivity contribution in [2.24, 2.45) is 5.92 Å². The lowest BCUT2D eigenvalue weighted by Crippen LogP contribution is -2.36. The first-order chi connectivity index (χ1) is 13.2. The lowest BCUT2D eigenvalue weighted by Gasteiger charge is -2.17. The van der Waals surface area contributed by atoms with E-state index >= 15 is 0 Å². The normalized spacial score (nSPS) is 17.1. The number of benzene rings is 2. The fraction of sp³-hybridized carbons (Fsp3) is 0.263. The van der Waals surface area contributed by atoms with Crippen LogP contribution in [0.5, 0.6) is 0 Å². The molecule has 9 heteroatoms. The van der Waals surface area contributed by atoms with E-state index in [9.17, 15) is 27.2 Å². The number of hydrogen-bond donors (Lipinski definition) is 1. The maximum Gasteiger partial charge on any atom is 0.416 e. The van der Waals surface area contributed by atoms with Gasteiger partial charge in [-0.05, 0) is 36.8 Å². The van der Waals surface area contributed by atoms with Crippen molar-refractivity contribution < 1.29 is 27.2 Å². The second-order valence-electron chi connectivity index (χ2n) is 6.31. The summed E-state index contributed by atoms with van der Waals surface area (Å²) in [6.07, 6.45) is -4.25. The van der Waals surface area contributed by atoms with Crippen molar-refractivity contribution in [3.8, 4) is 0 Å². The molecule has 1 N–H and O–H groups in total. The van der Waals surface area contributed by atoms with Gasteiger partial charge < -0.3 is 10.2 Å². The summed E-state index contributed by atoms with van der Waals surface area (Å²) in [6.45, 7) is 0.0725. The van der Waals surface area contributed by atoms with Crippen LogP contribution in [0.15, 0.2) is 42.5 Å². The minimum absolute atomic E-state index is 0.0721. The van der Waals surface area contributed by atoms with E-state index in [1.165, 1.54) is 29.2 Å². The Morgan fingerprint density at radius 2 is 1.86 bits per heavy atom. The van der Waals surface area contributed by atoms with Crippen molar-refractivity contribution in [2.75, 3.05) is 11.4 Å². The van der Waals surface area contributed by atoms with Crippen LogP contribution in [0.2, 0.25) is 5.02 Å². The Labute approximate surface area is 163 Å². The molecule has 1 aliphatic rings. The van der Waals surface area contributed by atoms with Gasteiger partial charge in [-0.2, -0.15) is 13.2 Å². The zero-order valence-corrected chi connectivity index (χ0v) is 15.1. The van der Waals surface area contributed by atoms with Gasteiger partial charge in [-0.15, -0.1) is 0 Å². The quantitative estimate of drug-likeness (QED) is 0.603. The van der Waals surface area contributed by atoms with Gasteiger partial charge in [-0.1, -0.05) is 23.7 Å². The van der Waals surface area contributed by atoms with Crippen molar-refractivity contribution in [1.29, 1.82) is 0 Å². The summed E-state index contributed by atoms with van der Waals surface area (Å²) in [5.74, 6) is -2.71. The molecule has 0 saturated carbocycles. The van der Waals surface area contributed by atoms with E-state index in [4.69, 9.17) is 11.6 Å². The second kappa shape index (κ2) is 7.79. The Morgan fingerprint density at radius 1 is 1.18 bits per heavy atom. The van der Waals surface area contributed by atoms with Crippen molar-refractivity contribution in [3.63, 3.8) is 0 Å². The van der Waals surface area contributed by atoms with Crippen molar-refractivity contribution in [3.05, 3.63) is 64.4 Å². The summed E-state index contributed by atoms with van der Waals surface area (Å²) in [4.78, 5) is 26.1. The first-order valence-electron chi connectivity index (χ1n) is 8.37. The number of halogens is 5. The van der Waals surface area contributed by atoms with Gasteiger partial charge in [0.2, 0.25) is 11.8 Å². The van der Waals surface area contributed by atoms with E-state index in [1.807, 2.05) is 0 Å². The minimum Gasteiger partial charge on any atom is -0.351 e. The highest BCUT2D eigenvalue weighted by Gasteiger charge is 2.38. The van der Waals surface area contributed by atoms with Gasteiger partial charge >= 0.3 is 6.18 Å². The molecule has 1 fully saturated rings. The van der Waals surface area contributed by atoms with Crippen LogP contribution < -0.4 is 10.2 Å². The standard InChI is InChI=1S/C19H15ClF4N2O2/c20-15-3-1-2-11(16(15)21)10-25-17(27)14-8-9-26(18(14)28)13-6-4-12(5-7-13)19(22,23)24/h1-7,14H,8-10H2,(H,25,27). The van der Waals surface area contributed by atoms with Crippen LogP contribution in [0.1, 0.15) is 17.5 Å². The highest BCUT2D eigenvalue weighted by molar-refractivity contribution is 6.30. The molecule has 2 amide bonds. The Balaban J connectivity index is 1.64. The van der Waals surface area contributed by atoms with Crippen LogP contribution in [0.25, 0.3) is 0 Å². The Hall–Kier alpha value is -2.61. The van der Waals surface area contributed by atoms with E-state index < -0.39 is 35.3 Å². The van der Waals surface area contributed by atoms with Gasteiger partial charge in [0.05, 0.1) is 10.6 Å². The van der Waals surface area contributed by atoms with Gasteiger partial charge in [0.1, 0.15) is 11.7 Å². The molecule has 0 aliphatic carbocycles. The maximum absolute atomic E-state index is 13.9. The molecule has 1 unspecified atom stereocenters. The topological polar surface area (TPSA) is 49.4 Å². The summed E-state index contributed by atoms with van der Waals surface area (Å²) in [7, 11) is 0. The highest BCUT2D eigenvalue weighted by atomic mass is 35.5. The molecule has 148 valence electrons. The molecular formula is C19H15ClF4N2O2. The smallest absolute Gasteiger partial charge is 0.351 e. The largest absolute Gasteiger partial charge is 0.416 e. The third-order valence-electron chi connectivity index (χ3n) is 4.51. The number of rotatable bonds is 4. The molecule has 28 heavy (non-hydrogen) atoms. The number of hydrogen-bond acceptors (Lipinski definition) is 2. The van der Waals surface area contributed by atoms with Crippen LogP contribution in [0.4, 0.5) is 23.2 Å². The van der Waals surface area contributed by atoms with Crippen LogP contribution >= 0.6 is 11.6 Å². The predicted octanol–water partition coefficient (Wildman–Crippen LogP) is 4.17. The lowest BCUT2D eigenvalue weighted by molar-refractivity contribution is -0.137. The Kier molecular flexibility index (Phi) is 5.60. The monoisotopic (exact) mass is 414 g/mol. The first-order valence-corrected chi connectivity index (χ1v) is 8.75. The van der Waals surface area contributed by atoms with E-state index in [1.54, 1.807) is 6.07 Å². The van der Waals surface area contributed by atoms with Crippen molar-refractivity contribution in [2.45, 2.75) is 19.1 Å². The summed E-state index contributed by atoms with van der Waals surface area (Å²) in [5.41, 5.74) is -0.346. The lowest BCUT2D eigenvalue weighted by atomic mass is 10.1. The Bertz CT molecular complexity index is 900. The molecule has 3 rings (SSSR count). The van der Waals surface area contributed by atoms with E-state index in [0.717, 1.165) is 12.1 Å². The molecule has 1 atom stereocenters. The number of nitrogens with one attached hydrogen (secondary N) is 1. The van der Waals surface area contributed by atoms with Gasteiger partial charge in [0, 0.05) is 24.3 Å². The van der Waals surface area contributed by atoms with Crippen molar-refractivity contribution in [1.82, 2.24) is 5.32 Å². The Morgan fingerprint density at radius 3 is 2.50 bits per heavy atom. The zero-order chi connectivity index (χ0) is 20.5. The average molecular weight is 415 g/mol. The fourth-order valence-electron chi connectivity index (χ4n) is 3.00. The fourth-order valence-corrected chi connectivity index (χ4v) is 3.19. The zero-order valence-electron chi connectivity index (χ0n) is 14.4. The van der Waals surface area contributed by atoms with E-state index in [0.29, 0.717) is 0 Å². The molecule has 0 bridgehead atoms. The molecule has 1 heterocycles. The number of carbonyl (C=O) groups is 2. The van der Waals surface area contributed by atoms with Crippen LogP contribution in [0, 0.1) is 11.7 Å². The second-order valence-corrected chi connectivity index (χ2v) is 6.71. The molecule has 2 aromatic carbocycles. The third-order valence-corrected chi connectivity index (χ3v) is 4.80. The summed E-state index contributed by atoms with van der Waals surface area (Å²) in [5, 5.41) is 2.43. The van der Waals surface area contributed by atoms with E-state index in [2.05, 4.69) is 5.32 Å². The number of anilines is 1. The minimum atomic E-state index is -4.47. The number of nitrogens with zero attached hydrogens (tertiary/aromatic N) is 1. The molecule has 4 nitrogen and oxygen atoms in total. The van der Waals surface area contributed by atoms with Gasteiger partial charge in [-0.3, -0.25) is 9.59 Å². The molecule has 1 aliphatic heterocycles. The van der Waals surface area contributed by atoms with Crippen LogP contribution in [-0.4, -0.2) is 18.4 Å². The summed E-state index contributed by atoms with van der Waals surface area (Å²) >= 11 is 5.69. The number of alkyl halides is 3. The average Bonchev–Trinajstić information content (AvgIpc) is 3.03. The molecule has 0 aromatic heterocycles. The molecular weight excluding hydrogens is 400 g/mol. The number of carbonyl (C=O) groups excluding carboxylic acids is 2. The van der Waals surface area contributed by atoms with Gasteiger partial charge in [0.15, 0.2) is 0 Å².